The normalized spacial score (nSPS) is 15.0. The van der Waals surface area contributed by atoms with Gasteiger partial charge in [-0.2, -0.15) is 0 Å². The summed E-state index contributed by atoms with van der Waals surface area (Å²) in [5.74, 6) is 1.69. The summed E-state index contributed by atoms with van der Waals surface area (Å²) < 4.78 is 15.2. The fourth-order valence-corrected chi connectivity index (χ4v) is 10.1. The summed E-state index contributed by atoms with van der Waals surface area (Å²) >= 11 is 1.96. The zero-order chi connectivity index (χ0) is 38.1. The van der Waals surface area contributed by atoms with E-state index in [4.69, 9.17) is 9.47 Å². The topological polar surface area (TPSA) is 24.9 Å². The van der Waals surface area contributed by atoms with Crippen LogP contribution in [0.25, 0.3) is 10.1 Å². The molecule has 0 saturated carbocycles. The van der Waals surface area contributed by atoms with Crippen LogP contribution in [0.5, 0.6) is 11.5 Å². The Morgan fingerprint density at radius 1 is 0.611 bits per heavy atom. The van der Waals surface area contributed by atoms with Crippen LogP contribution in [-0.2, 0) is 16.2 Å². The number of hydrogen-bond donors (Lipinski definition) is 0. The van der Waals surface area contributed by atoms with E-state index in [9.17, 15) is 0 Å². The van der Waals surface area contributed by atoms with Gasteiger partial charge in [-0.15, -0.1) is 11.3 Å². The van der Waals surface area contributed by atoms with Gasteiger partial charge in [0.05, 0.1) is 11.4 Å². The Morgan fingerprint density at radius 3 is 1.91 bits per heavy atom. The molecule has 0 spiro atoms. The Bertz CT molecular complexity index is 2490. The lowest BCUT2D eigenvalue weighted by Crippen LogP contribution is -2.60. The van der Waals surface area contributed by atoms with E-state index in [0.29, 0.717) is 13.2 Å². The van der Waals surface area contributed by atoms with Gasteiger partial charge in [0, 0.05) is 43.2 Å². The van der Waals surface area contributed by atoms with Crippen molar-refractivity contribution in [1.82, 2.24) is 0 Å². The number of fused-ring (bicyclic) bond motifs is 7. The summed E-state index contributed by atoms with van der Waals surface area (Å²) in [5.41, 5.74) is 16.4. The molecule has 3 aliphatic rings. The number of aryl methyl sites for hydroxylation is 1. The van der Waals surface area contributed by atoms with Gasteiger partial charge in [0.25, 0.3) is 6.71 Å². The van der Waals surface area contributed by atoms with E-state index in [0.717, 1.165) is 17.1 Å². The van der Waals surface area contributed by atoms with Gasteiger partial charge in [0.15, 0.2) is 11.5 Å². The summed E-state index contributed by atoms with van der Waals surface area (Å²) in [5, 5.41) is 1.31. The van der Waals surface area contributed by atoms with Crippen LogP contribution < -0.4 is 35.0 Å². The quantitative estimate of drug-likeness (QED) is 0.165. The molecule has 274 valence electrons. The predicted octanol–water partition coefficient (Wildman–Crippen LogP) is 11.3. The molecule has 0 bridgehead atoms. The van der Waals surface area contributed by atoms with Crippen LogP contribution in [0.15, 0.2) is 84.9 Å². The number of benzene rings is 5. The Hall–Kier alpha value is -4.68. The first kappa shape index (κ1) is 35.1. The maximum absolute atomic E-state index is 6.37. The molecule has 6 aromatic rings. The van der Waals surface area contributed by atoms with Gasteiger partial charge in [-0.1, -0.05) is 98.7 Å². The van der Waals surface area contributed by atoms with Gasteiger partial charge in [0.2, 0.25) is 0 Å². The van der Waals surface area contributed by atoms with Crippen LogP contribution in [0.3, 0.4) is 0 Å². The van der Waals surface area contributed by atoms with Crippen molar-refractivity contribution in [3.63, 3.8) is 0 Å². The lowest BCUT2D eigenvalue weighted by atomic mass is 9.36. The van der Waals surface area contributed by atoms with Crippen LogP contribution in [0.1, 0.15) is 90.1 Å². The molecule has 0 atom stereocenters. The monoisotopic (exact) mass is 730 g/mol. The first-order valence-electron chi connectivity index (χ1n) is 19.5. The van der Waals surface area contributed by atoms with Gasteiger partial charge in [-0.3, -0.25) is 0 Å². The van der Waals surface area contributed by atoms with Crippen LogP contribution in [0.2, 0.25) is 0 Å². The van der Waals surface area contributed by atoms with E-state index in [-0.39, 0.29) is 23.0 Å². The summed E-state index contributed by atoms with van der Waals surface area (Å²) in [7, 11) is 0. The van der Waals surface area contributed by atoms with Crippen molar-refractivity contribution in [2.24, 2.45) is 0 Å². The molecule has 6 heteroatoms. The first-order chi connectivity index (χ1) is 25.5. The van der Waals surface area contributed by atoms with Gasteiger partial charge in [-0.25, -0.2) is 0 Å². The Balaban J connectivity index is 1.39. The first-order valence-corrected chi connectivity index (χ1v) is 20.3. The molecule has 0 radical (unpaired) electrons. The minimum Gasteiger partial charge on any atom is -0.486 e. The van der Waals surface area contributed by atoms with Gasteiger partial charge in [0.1, 0.15) is 13.2 Å². The molecule has 0 aliphatic carbocycles. The highest BCUT2D eigenvalue weighted by atomic mass is 32.1. The van der Waals surface area contributed by atoms with Crippen molar-refractivity contribution in [2.45, 2.75) is 92.4 Å². The van der Waals surface area contributed by atoms with Crippen molar-refractivity contribution < 1.29 is 9.47 Å². The van der Waals surface area contributed by atoms with E-state index in [1.807, 2.05) is 11.3 Å². The summed E-state index contributed by atoms with van der Waals surface area (Å²) in [6.45, 7) is 26.4. The second-order valence-corrected chi connectivity index (χ2v) is 19.7. The molecular weight excluding hydrogens is 679 g/mol. The van der Waals surface area contributed by atoms with Crippen molar-refractivity contribution in [2.75, 3.05) is 23.0 Å². The number of ether oxygens (including phenoxy) is 2. The number of nitrogens with zero attached hydrogens (tertiary/aromatic N) is 2. The Morgan fingerprint density at radius 2 is 1.22 bits per heavy atom. The molecular formula is C48H51BN2O2S. The van der Waals surface area contributed by atoms with E-state index in [1.165, 1.54) is 82.2 Å². The second-order valence-electron chi connectivity index (χ2n) is 18.6. The average molecular weight is 731 g/mol. The maximum Gasteiger partial charge on any atom is 0.264 e. The highest BCUT2D eigenvalue weighted by Gasteiger charge is 2.46. The van der Waals surface area contributed by atoms with E-state index < -0.39 is 0 Å². The molecule has 4 heterocycles. The maximum atomic E-state index is 6.37. The highest BCUT2D eigenvalue weighted by molar-refractivity contribution is 7.33. The fourth-order valence-electron chi connectivity index (χ4n) is 8.82. The fraction of sp³-hybridized carbons (Fsp3) is 0.333. The van der Waals surface area contributed by atoms with Crippen molar-refractivity contribution >= 4 is 78.0 Å². The number of anilines is 6. The molecule has 0 fully saturated rings. The summed E-state index contributed by atoms with van der Waals surface area (Å²) in [6.07, 6.45) is 0. The van der Waals surface area contributed by atoms with Gasteiger partial charge in [-0.05, 0) is 112 Å². The van der Waals surface area contributed by atoms with Crippen LogP contribution in [-0.4, -0.2) is 19.9 Å². The third-order valence-electron chi connectivity index (χ3n) is 11.8. The molecule has 54 heavy (non-hydrogen) atoms. The Kier molecular flexibility index (Phi) is 7.73. The lowest BCUT2D eigenvalue weighted by Gasteiger charge is -2.44. The smallest absolute Gasteiger partial charge is 0.264 e. The van der Waals surface area contributed by atoms with Gasteiger partial charge >= 0.3 is 0 Å². The van der Waals surface area contributed by atoms with E-state index >= 15 is 0 Å². The predicted molar refractivity (Wildman–Crippen MR) is 232 cm³/mol. The molecule has 0 unspecified atom stereocenters. The van der Waals surface area contributed by atoms with E-state index in [1.54, 1.807) is 0 Å². The zero-order valence-corrected chi connectivity index (χ0v) is 34.5. The molecule has 1 aromatic heterocycles. The lowest BCUT2D eigenvalue weighted by molar-refractivity contribution is 0.170. The SMILES string of the molecule is Cc1cc2c(c(C)c1N1c3cccc4c3B(c3cc(C(C)(C)C)ccc3N4c3ccc(C(C)(C)C)cc3)c3sc4ccc(C(C)(C)C)cc4c31)OCCO2. The third-order valence-corrected chi connectivity index (χ3v) is 13.0. The zero-order valence-electron chi connectivity index (χ0n) is 33.7. The second kappa shape index (κ2) is 11.9. The summed E-state index contributed by atoms with van der Waals surface area (Å²) in [6, 6.07) is 32.8. The number of hydrogen-bond acceptors (Lipinski definition) is 5. The highest BCUT2D eigenvalue weighted by Crippen LogP contribution is 2.52. The number of rotatable bonds is 2. The van der Waals surface area contributed by atoms with E-state index in [2.05, 4.69) is 171 Å². The third kappa shape index (κ3) is 5.31. The summed E-state index contributed by atoms with van der Waals surface area (Å²) in [4.78, 5) is 5.10. The van der Waals surface area contributed by atoms with Crippen LogP contribution >= 0.6 is 11.3 Å². The molecule has 9 rings (SSSR count). The molecule has 0 N–H and O–H groups in total. The Labute approximate surface area is 325 Å². The van der Waals surface area contributed by atoms with Crippen LogP contribution in [0, 0.1) is 13.8 Å². The molecule has 4 nitrogen and oxygen atoms in total. The van der Waals surface area contributed by atoms with Crippen LogP contribution in [0.4, 0.5) is 34.1 Å². The molecule has 0 amide bonds. The average Bonchev–Trinajstić information content (AvgIpc) is 3.50. The molecule has 3 aliphatic heterocycles. The number of thiophene rings is 1. The van der Waals surface area contributed by atoms with Gasteiger partial charge < -0.3 is 19.3 Å². The van der Waals surface area contributed by atoms with Crippen molar-refractivity contribution in [3.05, 3.63) is 113 Å². The minimum atomic E-state index is -0.00125. The minimum absolute atomic E-state index is 0.00125. The molecule has 0 saturated heterocycles. The largest absolute Gasteiger partial charge is 0.486 e. The standard InChI is InChI=1S/C48H51BN2O2S/c1-28-25-39-44(53-24-23-52-39)29(2)42(28)51-38-14-12-13-37-41(38)49(45-43(51)34-26-31(47(6,7)8)18-22-40(34)54-45)35-27-32(48(9,10)11)17-21-36(35)50(37)33-19-15-30(16-20-33)46(3,4)5/h12-22,25-27H,23-24H2,1-11H3. The molecule has 5 aromatic carbocycles. The van der Waals surface area contributed by atoms with Crippen molar-refractivity contribution in [3.8, 4) is 11.5 Å². The van der Waals surface area contributed by atoms with Crippen molar-refractivity contribution in [1.29, 1.82) is 0 Å².